The number of morpholine rings is 1. The van der Waals surface area contributed by atoms with Crippen molar-refractivity contribution >= 4 is 5.96 Å². The molecule has 6 nitrogen and oxygen atoms in total. The predicted molar refractivity (Wildman–Crippen MR) is 107 cm³/mol. The van der Waals surface area contributed by atoms with E-state index in [0.717, 1.165) is 63.8 Å². The molecular weight excluding hydrogens is 340 g/mol. The molecule has 1 atom stereocenters. The standard InChI is InChI=1S/C21H32N4O2/c1-22-21(25-9-8-17(15-25)24-10-12-27-13-11-24)23-14-19-18-5-3-2-4-16(18)6-7-20(19)26/h6-7,17,26H,2-5,8-15H2,1H3,(H,22,23). The van der Waals surface area contributed by atoms with Crippen molar-refractivity contribution in [3.63, 3.8) is 0 Å². The van der Waals surface area contributed by atoms with Gasteiger partial charge in [-0.3, -0.25) is 9.89 Å². The second-order valence-electron chi connectivity index (χ2n) is 7.85. The number of rotatable bonds is 3. The van der Waals surface area contributed by atoms with Gasteiger partial charge in [-0.05, 0) is 49.3 Å². The molecule has 0 spiro atoms. The second kappa shape index (κ2) is 8.48. The van der Waals surface area contributed by atoms with Gasteiger partial charge in [0.25, 0.3) is 0 Å². The number of likely N-dealkylation sites (tertiary alicyclic amines) is 1. The Hall–Kier alpha value is -1.79. The van der Waals surface area contributed by atoms with Crippen molar-refractivity contribution in [1.82, 2.24) is 15.1 Å². The third-order valence-electron chi connectivity index (χ3n) is 6.29. The number of nitrogens with zero attached hydrogens (tertiary/aromatic N) is 3. The first-order chi connectivity index (χ1) is 13.3. The molecule has 0 radical (unpaired) electrons. The molecule has 1 unspecified atom stereocenters. The van der Waals surface area contributed by atoms with Gasteiger partial charge in [0.2, 0.25) is 0 Å². The van der Waals surface area contributed by atoms with Gasteiger partial charge < -0.3 is 20.1 Å². The first-order valence-electron chi connectivity index (χ1n) is 10.4. The summed E-state index contributed by atoms with van der Waals surface area (Å²) < 4.78 is 5.48. The minimum absolute atomic E-state index is 0.409. The van der Waals surface area contributed by atoms with Crippen LogP contribution in [0.25, 0.3) is 0 Å². The van der Waals surface area contributed by atoms with Crippen LogP contribution in [-0.2, 0) is 24.1 Å². The number of aliphatic imine (C=N–C) groups is 1. The Morgan fingerprint density at radius 2 is 2.04 bits per heavy atom. The van der Waals surface area contributed by atoms with E-state index in [-0.39, 0.29) is 0 Å². The maximum absolute atomic E-state index is 10.4. The van der Waals surface area contributed by atoms with Crippen LogP contribution in [0.2, 0.25) is 0 Å². The van der Waals surface area contributed by atoms with Gasteiger partial charge in [-0.25, -0.2) is 0 Å². The van der Waals surface area contributed by atoms with E-state index < -0.39 is 0 Å². The molecule has 6 heteroatoms. The number of nitrogens with one attached hydrogen (secondary N) is 1. The van der Waals surface area contributed by atoms with Crippen LogP contribution in [0.3, 0.4) is 0 Å². The van der Waals surface area contributed by atoms with Crippen LogP contribution in [0.4, 0.5) is 0 Å². The van der Waals surface area contributed by atoms with Crippen LogP contribution >= 0.6 is 0 Å². The van der Waals surface area contributed by atoms with Gasteiger partial charge in [-0.15, -0.1) is 0 Å². The Balaban J connectivity index is 1.39. The summed E-state index contributed by atoms with van der Waals surface area (Å²) in [7, 11) is 1.85. The zero-order chi connectivity index (χ0) is 18.6. The zero-order valence-corrected chi connectivity index (χ0v) is 16.4. The second-order valence-corrected chi connectivity index (χ2v) is 7.85. The molecule has 0 bridgehead atoms. The minimum atomic E-state index is 0.409. The summed E-state index contributed by atoms with van der Waals surface area (Å²) in [5.41, 5.74) is 3.80. The fraction of sp³-hybridized carbons (Fsp3) is 0.667. The van der Waals surface area contributed by atoms with Crippen LogP contribution in [0, 0.1) is 0 Å². The van der Waals surface area contributed by atoms with Gasteiger partial charge in [0.15, 0.2) is 5.96 Å². The molecule has 2 aliphatic heterocycles. The lowest BCUT2D eigenvalue weighted by Crippen LogP contribution is -2.46. The lowest BCUT2D eigenvalue weighted by atomic mass is 9.88. The van der Waals surface area contributed by atoms with Crippen molar-refractivity contribution in [3.8, 4) is 5.75 Å². The van der Waals surface area contributed by atoms with Gasteiger partial charge in [0.05, 0.1) is 13.2 Å². The number of phenols is 1. The monoisotopic (exact) mass is 372 g/mol. The first kappa shape index (κ1) is 18.6. The van der Waals surface area contributed by atoms with E-state index in [0.29, 0.717) is 18.3 Å². The van der Waals surface area contributed by atoms with E-state index in [2.05, 4.69) is 26.2 Å². The van der Waals surface area contributed by atoms with Crippen molar-refractivity contribution in [1.29, 1.82) is 0 Å². The number of aromatic hydroxyl groups is 1. The summed E-state index contributed by atoms with van der Waals surface area (Å²) in [5.74, 6) is 1.35. The number of phenolic OH excluding ortho intramolecular Hbond substituents is 1. The van der Waals surface area contributed by atoms with Crippen molar-refractivity contribution < 1.29 is 9.84 Å². The van der Waals surface area contributed by atoms with Crippen LogP contribution < -0.4 is 5.32 Å². The van der Waals surface area contributed by atoms with E-state index in [1.807, 2.05) is 13.1 Å². The fourth-order valence-corrected chi connectivity index (χ4v) is 4.76. The molecule has 27 heavy (non-hydrogen) atoms. The van der Waals surface area contributed by atoms with Crippen molar-refractivity contribution in [2.24, 2.45) is 4.99 Å². The lowest BCUT2D eigenvalue weighted by molar-refractivity contribution is 0.0195. The molecule has 2 heterocycles. The molecule has 1 aliphatic carbocycles. The summed E-state index contributed by atoms with van der Waals surface area (Å²) in [5, 5.41) is 13.9. The summed E-state index contributed by atoms with van der Waals surface area (Å²) in [6, 6.07) is 4.54. The van der Waals surface area contributed by atoms with E-state index in [9.17, 15) is 5.11 Å². The molecule has 0 saturated carbocycles. The van der Waals surface area contributed by atoms with Gasteiger partial charge in [0, 0.05) is 51.4 Å². The molecule has 2 N–H and O–H groups in total. The molecule has 2 fully saturated rings. The zero-order valence-electron chi connectivity index (χ0n) is 16.4. The van der Waals surface area contributed by atoms with Crippen LogP contribution in [-0.4, -0.2) is 73.3 Å². The third kappa shape index (κ3) is 4.06. The van der Waals surface area contributed by atoms with E-state index in [1.165, 1.54) is 30.4 Å². The largest absolute Gasteiger partial charge is 0.508 e. The highest BCUT2D eigenvalue weighted by Gasteiger charge is 2.30. The number of aryl methyl sites for hydroxylation is 1. The van der Waals surface area contributed by atoms with Crippen molar-refractivity contribution in [2.75, 3.05) is 46.4 Å². The van der Waals surface area contributed by atoms with E-state index >= 15 is 0 Å². The van der Waals surface area contributed by atoms with E-state index in [1.54, 1.807) is 0 Å². The van der Waals surface area contributed by atoms with E-state index in [4.69, 9.17) is 4.74 Å². The summed E-state index contributed by atoms with van der Waals surface area (Å²) in [4.78, 5) is 9.42. The topological polar surface area (TPSA) is 60.3 Å². The number of ether oxygens (including phenoxy) is 1. The highest BCUT2D eigenvalue weighted by Crippen LogP contribution is 2.30. The molecule has 2 saturated heterocycles. The lowest BCUT2D eigenvalue weighted by Gasteiger charge is -2.32. The molecule has 1 aromatic carbocycles. The Morgan fingerprint density at radius 3 is 2.85 bits per heavy atom. The molecular formula is C21H32N4O2. The molecule has 1 aromatic rings. The number of hydrogen-bond donors (Lipinski definition) is 2. The van der Waals surface area contributed by atoms with Crippen LogP contribution in [0.5, 0.6) is 5.75 Å². The Morgan fingerprint density at radius 1 is 1.22 bits per heavy atom. The highest BCUT2D eigenvalue weighted by molar-refractivity contribution is 5.80. The Bertz CT molecular complexity index is 685. The number of hydrogen-bond acceptors (Lipinski definition) is 4. The van der Waals surface area contributed by atoms with Gasteiger partial charge >= 0.3 is 0 Å². The number of fused-ring (bicyclic) bond motifs is 1. The quantitative estimate of drug-likeness (QED) is 0.625. The SMILES string of the molecule is CN=C(NCc1c(O)ccc2c1CCCC2)N1CCC(N2CCOCC2)C1. The predicted octanol–water partition coefficient (Wildman–Crippen LogP) is 1.75. The van der Waals surface area contributed by atoms with Crippen molar-refractivity contribution in [3.05, 3.63) is 28.8 Å². The maximum atomic E-state index is 10.4. The molecule has 3 aliphatic rings. The molecule has 0 amide bonds. The first-order valence-corrected chi connectivity index (χ1v) is 10.4. The van der Waals surface area contributed by atoms with Crippen LogP contribution in [0.15, 0.2) is 17.1 Å². The maximum Gasteiger partial charge on any atom is 0.193 e. The van der Waals surface area contributed by atoms with Crippen LogP contribution in [0.1, 0.15) is 36.0 Å². The molecule has 0 aromatic heterocycles. The van der Waals surface area contributed by atoms with Gasteiger partial charge in [0.1, 0.15) is 5.75 Å². The third-order valence-corrected chi connectivity index (χ3v) is 6.29. The Kier molecular flexibility index (Phi) is 5.83. The smallest absolute Gasteiger partial charge is 0.193 e. The average molecular weight is 373 g/mol. The van der Waals surface area contributed by atoms with Gasteiger partial charge in [-0.2, -0.15) is 0 Å². The number of benzene rings is 1. The fourth-order valence-electron chi connectivity index (χ4n) is 4.76. The summed E-state index contributed by atoms with van der Waals surface area (Å²) >= 11 is 0. The average Bonchev–Trinajstić information content (AvgIpc) is 3.20. The normalized spacial score (nSPS) is 24.1. The summed E-state index contributed by atoms with van der Waals surface area (Å²) in [6.07, 6.45) is 5.84. The molecule has 148 valence electrons. The number of guanidine groups is 1. The highest BCUT2D eigenvalue weighted by atomic mass is 16.5. The minimum Gasteiger partial charge on any atom is -0.508 e. The molecule has 4 rings (SSSR count). The summed E-state index contributed by atoms with van der Waals surface area (Å²) in [6.45, 7) is 6.45. The Labute approximate surface area is 162 Å². The van der Waals surface area contributed by atoms with Gasteiger partial charge in [-0.1, -0.05) is 6.07 Å². The van der Waals surface area contributed by atoms with Crippen molar-refractivity contribution in [2.45, 2.75) is 44.7 Å².